The van der Waals surface area contributed by atoms with E-state index in [1.807, 2.05) is 31.3 Å². The van der Waals surface area contributed by atoms with Crippen LogP contribution in [0.5, 0.6) is 0 Å². The molecular weight excluding hydrogens is 376 g/mol. The molecule has 1 saturated heterocycles. The summed E-state index contributed by atoms with van der Waals surface area (Å²) < 4.78 is 1.03. The lowest BCUT2D eigenvalue weighted by atomic mass is 10.1. The summed E-state index contributed by atoms with van der Waals surface area (Å²) in [6.45, 7) is 2.96. The van der Waals surface area contributed by atoms with Crippen LogP contribution >= 0.6 is 15.9 Å². The molecule has 1 heterocycles. The van der Waals surface area contributed by atoms with Crippen molar-refractivity contribution < 1.29 is 4.79 Å². The molecule has 0 N–H and O–H groups in total. The Labute approximate surface area is 158 Å². The molecular formula is C21H25BrN2O. The van der Waals surface area contributed by atoms with Gasteiger partial charge in [-0.25, -0.2) is 0 Å². The highest BCUT2D eigenvalue weighted by molar-refractivity contribution is 9.10. The van der Waals surface area contributed by atoms with Gasteiger partial charge in [0, 0.05) is 36.8 Å². The fraction of sp³-hybridized carbons (Fsp3) is 0.381. The number of amides is 1. The van der Waals surface area contributed by atoms with Crippen LogP contribution in [0.3, 0.4) is 0 Å². The second kappa shape index (κ2) is 8.52. The molecule has 0 radical (unpaired) electrons. The summed E-state index contributed by atoms with van der Waals surface area (Å²) in [6, 6.07) is 16.6. The van der Waals surface area contributed by atoms with Gasteiger partial charge in [-0.05, 0) is 54.7 Å². The maximum atomic E-state index is 12.4. The second-order valence-electron chi connectivity index (χ2n) is 6.77. The average molecular weight is 401 g/mol. The molecule has 25 heavy (non-hydrogen) atoms. The topological polar surface area (TPSA) is 23.6 Å². The van der Waals surface area contributed by atoms with Gasteiger partial charge in [-0.3, -0.25) is 4.79 Å². The highest BCUT2D eigenvalue weighted by Gasteiger charge is 2.12. The number of carbonyl (C=O) groups is 1. The Kier molecular flexibility index (Phi) is 6.14. The van der Waals surface area contributed by atoms with Crippen molar-refractivity contribution in [1.29, 1.82) is 0 Å². The first-order chi connectivity index (χ1) is 12.1. The molecule has 1 amide bonds. The summed E-state index contributed by atoms with van der Waals surface area (Å²) in [5.41, 5.74) is 3.51. The van der Waals surface area contributed by atoms with E-state index in [1.165, 1.54) is 30.5 Å². The van der Waals surface area contributed by atoms with Crippen molar-refractivity contribution in [1.82, 2.24) is 4.90 Å². The van der Waals surface area contributed by atoms with E-state index in [2.05, 4.69) is 45.1 Å². The van der Waals surface area contributed by atoms with E-state index in [0.717, 1.165) is 23.1 Å². The molecule has 0 aromatic heterocycles. The molecule has 0 spiro atoms. The first-order valence-electron chi connectivity index (χ1n) is 8.94. The van der Waals surface area contributed by atoms with E-state index in [0.29, 0.717) is 13.0 Å². The maximum absolute atomic E-state index is 12.4. The molecule has 2 aromatic rings. The number of hydrogen-bond acceptors (Lipinski definition) is 2. The van der Waals surface area contributed by atoms with Gasteiger partial charge < -0.3 is 9.80 Å². The van der Waals surface area contributed by atoms with Gasteiger partial charge in [0.05, 0.1) is 6.42 Å². The largest absolute Gasteiger partial charge is 0.372 e. The van der Waals surface area contributed by atoms with Gasteiger partial charge in [0.25, 0.3) is 0 Å². The van der Waals surface area contributed by atoms with E-state index in [-0.39, 0.29) is 5.91 Å². The van der Waals surface area contributed by atoms with Gasteiger partial charge in [0.1, 0.15) is 0 Å². The second-order valence-corrected chi connectivity index (χ2v) is 7.68. The monoisotopic (exact) mass is 400 g/mol. The summed E-state index contributed by atoms with van der Waals surface area (Å²) in [5.74, 6) is 0.141. The summed E-state index contributed by atoms with van der Waals surface area (Å²) >= 11 is 3.42. The Hall–Kier alpha value is -1.81. The number of likely N-dealkylation sites (N-methyl/N-ethyl adjacent to an activating group) is 1. The summed E-state index contributed by atoms with van der Waals surface area (Å²) in [7, 11) is 1.87. The predicted octanol–water partition coefficient (Wildman–Crippen LogP) is 4.64. The minimum absolute atomic E-state index is 0.141. The van der Waals surface area contributed by atoms with Crippen molar-refractivity contribution in [2.75, 3.05) is 25.0 Å². The molecule has 0 aliphatic carbocycles. The van der Waals surface area contributed by atoms with E-state index in [4.69, 9.17) is 0 Å². The van der Waals surface area contributed by atoms with Gasteiger partial charge in [-0.15, -0.1) is 0 Å². The predicted molar refractivity (Wildman–Crippen MR) is 107 cm³/mol. The summed E-state index contributed by atoms with van der Waals surface area (Å²) in [5, 5.41) is 0. The van der Waals surface area contributed by atoms with Crippen LogP contribution in [0.25, 0.3) is 0 Å². The van der Waals surface area contributed by atoms with Crippen molar-refractivity contribution in [3.8, 4) is 0 Å². The van der Waals surface area contributed by atoms with E-state index < -0.39 is 0 Å². The lowest BCUT2D eigenvalue weighted by Gasteiger charge is -2.29. The molecule has 2 aromatic carbocycles. The number of benzene rings is 2. The normalized spacial score (nSPS) is 14.4. The molecule has 0 unspecified atom stereocenters. The number of halogens is 1. The zero-order chi connectivity index (χ0) is 17.6. The molecule has 1 aliphatic heterocycles. The van der Waals surface area contributed by atoms with Gasteiger partial charge in [0.15, 0.2) is 0 Å². The van der Waals surface area contributed by atoms with Crippen LogP contribution in [-0.2, 0) is 17.8 Å². The molecule has 1 aliphatic rings. The lowest BCUT2D eigenvalue weighted by molar-refractivity contribution is -0.129. The Morgan fingerprint density at radius 2 is 1.56 bits per heavy atom. The van der Waals surface area contributed by atoms with Crippen molar-refractivity contribution in [3.63, 3.8) is 0 Å². The van der Waals surface area contributed by atoms with E-state index >= 15 is 0 Å². The fourth-order valence-electron chi connectivity index (χ4n) is 3.24. The SMILES string of the molecule is CN(Cc1ccc(N2CCCCC2)cc1)C(=O)Cc1ccc(Br)cc1. The van der Waals surface area contributed by atoms with Gasteiger partial charge in [0.2, 0.25) is 5.91 Å². The quantitative estimate of drug-likeness (QED) is 0.729. The van der Waals surface area contributed by atoms with Crippen LogP contribution in [0.15, 0.2) is 53.0 Å². The zero-order valence-corrected chi connectivity index (χ0v) is 16.3. The Morgan fingerprint density at radius 3 is 2.20 bits per heavy atom. The van der Waals surface area contributed by atoms with E-state index in [1.54, 1.807) is 4.90 Å². The van der Waals surface area contributed by atoms with Crippen molar-refractivity contribution in [2.45, 2.75) is 32.2 Å². The van der Waals surface area contributed by atoms with E-state index in [9.17, 15) is 4.79 Å². The Bertz CT molecular complexity index is 691. The highest BCUT2D eigenvalue weighted by atomic mass is 79.9. The molecule has 0 bridgehead atoms. The molecule has 0 saturated carbocycles. The standard InChI is InChI=1S/C21H25BrN2O/c1-23(21(25)15-17-5-9-19(22)10-6-17)16-18-7-11-20(12-8-18)24-13-3-2-4-14-24/h5-12H,2-4,13-16H2,1H3. The van der Waals surface area contributed by atoms with Crippen molar-refractivity contribution >= 4 is 27.5 Å². The molecule has 0 atom stereocenters. The Morgan fingerprint density at radius 1 is 0.960 bits per heavy atom. The first-order valence-corrected chi connectivity index (χ1v) is 9.73. The van der Waals surface area contributed by atoms with Crippen LogP contribution < -0.4 is 4.90 Å². The first kappa shape index (κ1) is 18.0. The maximum Gasteiger partial charge on any atom is 0.227 e. The fourth-order valence-corrected chi connectivity index (χ4v) is 3.50. The number of anilines is 1. The van der Waals surface area contributed by atoms with Crippen LogP contribution in [0.4, 0.5) is 5.69 Å². The van der Waals surface area contributed by atoms with Gasteiger partial charge in [-0.1, -0.05) is 40.2 Å². The third kappa shape index (κ3) is 5.08. The highest BCUT2D eigenvalue weighted by Crippen LogP contribution is 2.20. The number of rotatable bonds is 5. The van der Waals surface area contributed by atoms with Gasteiger partial charge >= 0.3 is 0 Å². The Balaban J connectivity index is 1.55. The van der Waals surface area contributed by atoms with Crippen LogP contribution in [0.2, 0.25) is 0 Å². The minimum Gasteiger partial charge on any atom is -0.372 e. The molecule has 132 valence electrons. The zero-order valence-electron chi connectivity index (χ0n) is 14.7. The van der Waals surface area contributed by atoms with Gasteiger partial charge in [-0.2, -0.15) is 0 Å². The molecule has 3 rings (SSSR count). The molecule has 4 heteroatoms. The number of hydrogen-bond donors (Lipinski definition) is 0. The van der Waals surface area contributed by atoms with Crippen molar-refractivity contribution in [2.24, 2.45) is 0 Å². The van der Waals surface area contributed by atoms with Crippen LogP contribution in [0.1, 0.15) is 30.4 Å². The number of nitrogens with zero attached hydrogens (tertiary/aromatic N) is 2. The third-order valence-electron chi connectivity index (χ3n) is 4.77. The third-order valence-corrected chi connectivity index (χ3v) is 5.30. The molecule has 3 nitrogen and oxygen atoms in total. The minimum atomic E-state index is 0.141. The van der Waals surface area contributed by atoms with Crippen LogP contribution in [0, 0.1) is 0 Å². The van der Waals surface area contributed by atoms with Crippen LogP contribution in [-0.4, -0.2) is 30.9 Å². The smallest absolute Gasteiger partial charge is 0.227 e. The average Bonchev–Trinajstić information content (AvgIpc) is 2.65. The lowest BCUT2D eigenvalue weighted by Crippen LogP contribution is -2.29. The molecule has 1 fully saturated rings. The number of piperidine rings is 1. The number of carbonyl (C=O) groups excluding carboxylic acids is 1. The summed E-state index contributed by atoms with van der Waals surface area (Å²) in [6.07, 6.45) is 4.36. The van der Waals surface area contributed by atoms with Crippen molar-refractivity contribution in [3.05, 3.63) is 64.1 Å². The summed E-state index contributed by atoms with van der Waals surface area (Å²) in [4.78, 5) is 16.7.